The molecule has 1 N–H and O–H groups in total. The van der Waals surface area contributed by atoms with Crippen LogP contribution in [0.15, 0.2) is 73.2 Å². The maximum absolute atomic E-state index is 12.9. The molecule has 2 aliphatic heterocycles. The molecule has 0 spiro atoms. The van der Waals surface area contributed by atoms with Gasteiger partial charge in [0.2, 0.25) is 5.91 Å². The number of rotatable bonds is 4. The fourth-order valence-electron chi connectivity index (χ4n) is 4.86. The number of nitrogens with zero attached hydrogens (tertiary/aromatic N) is 4. The van der Waals surface area contributed by atoms with E-state index in [2.05, 4.69) is 33.9 Å². The summed E-state index contributed by atoms with van der Waals surface area (Å²) in [5.41, 5.74) is 3.33. The van der Waals surface area contributed by atoms with Crippen molar-refractivity contribution in [1.29, 1.82) is 0 Å². The average Bonchev–Trinajstić information content (AvgIpc) is 2.87. The lowest BCUT2D eigenvalue weighted by Gasteiger charge is -2.58. The van der Waals surface area contributed by atoms with E-state index in [0.29, 0.717) is 13.0 Å². The van der Waals surface area contributed by atoms with E-state index in [1.165, 1.54) is 29.1 Å². The normalized spacial score (nSPS) is 21.2. The van der Waals surface area contributed by atoms with Gasteiger partial charge in [-0.3, -0.25) is 14.6 Å². The fraction of sp³-hybridized carbons (Fsp3) is 0.259. The Balaban J connectivity index is 1.31. The van der Waals surface area contributed by atoms with Gasteiger partial charge in [0.25, 0.3) is 5.91 Å². The summed E-state index contributed by atoms with van der Waals surface area (Å²) in [5.74, 6) is 5.87. The van der Waals surface area contributed by atoms with Gasteiger partial charge in [-0.2, -0.15) is 0 Å². The Bertz CT molecular complexity index is 1240. The molecule has 0 radical (unpaired) electrons. The van der Waals surface area contributed by atoms with Crippen molar-refractivity contribution in [2.45, 2.75) is 24.4 Å². The minimum atomic E-state index is -0.309. The van der Waals surface area contributed by atoms with Gasteiger partial charge in [-0.1, -0.05) is 54.3 Å². The molecule has 3 heterocycles. The third-order valence-electron chi connectivity index (χ3n) is 6.49. The predicted molar refractivity (Wildman–Crippen MR) is 126 cm³/mol. The molecule has 3 atom stereocenters. The number of hydrogen-bond acceptors (Lipinski definition) is 5. The molecule has 170 valence electrons. The van der Waals surface area contributed by atoms with Crippen LogP contribution in [0.4, 0.5) is 0 Å². The number of carbonyl (C=O) groups is 2. The minimum Gasteiger partial charge on any atom is -0.394 e. The van der Waals surface area contributed by atoms with Crippen LogP contribution in [0, 0.1) is 11.8 Å². The molecule has 5 rings (SSSR count). The first kappa shape index (κ1) is 21.8. The van der Waals surface area contributed by atoms with Crippen LogP contribution < -0.4 is 0 Å². The zero-order valence-electron chi connectivity index (χ0n) is 18.5. The molecule has 0 bridgehead atoms. The molecule has 2 fully saturated rings. The van der Waals surface area contributed by atoms with E-state index in [1.807, 2.05) is 42.5 Å². The number of piperazine rings is 1. The zero-order valence-corrected chi connectivity index (χ0v) is 18.5. The summed E-state index contributed by atoms with van der Waals surface area (Å²) >= 11 is 0. The highest BCUT2D eigenvalue weighted by molar-refractivity contribution is 5.96. The summed E-state index contributed by atoms with van der Waals surface area (Å²) in [6.07, 6.45) is 5.06. The highest BCUT2D eigenvalue weighted by atomic mass is 16.3. The standard InChI is InChI=1S/C27H24N4O3/c32-18-24-26(21-11-9-20(10-12-21)8-4-7-19-5-2-1-3-6-19)23-16-30(17-25(33)31(23)24)27(34)22-15-28-13-14-29-22/h1-3,5-6,9-15,23-24,26,32H,7,16-18H2/t23-,24+,26+/m0/s1. The molecule has 0 aliphatic carbocycles. The predicted octanol–water partition coefficient (Wildman–Crippen LogP) is 1.88. The van der Waals surface area contributed by atoms with Crippen molar-refractivity contribution < 1.29 is 14.7 Å². The van der Waals surface area contributed by atoms with E-state index in [1.54, 1.807) is 4.90 Å². The number of fused-ring (bicyclic) bond motifs is 1. The quantitative estimate of drug-likeness (QED) is 0.611. The lowest BCUT2D eigenvalue weighted by molar-refractivity contribution is -0.159. The Morgan fingerprint density at radius 2 is 1.88 bits per heavy atom. The van der Waals surface area contributed by atoms with Crippen molar-refractivity contribution in [3.8, 4) is 11.8 Å². The maximum Gasteiger partial charge on any atom is 0.274 e. The van der Waals surface area contributed by atoms with Gasteiger partial charge in [0, 0.05) is 36.8 Å². The first-order chi connectivity index (χ1) is 16.7. The smallest absolute Gasteiger partial charge is 0.274 e. The molecule has 7 heteroatoms. The number of benzene rings is 2. The second kappa shape index (κ2) is 9.46. The van der Waals surface area contributed by atoms with Crippen molar-refractivity contribution >= 4 is 11.8 Å². The molecule has 2 amide bonds. The molecule has 34 heavy (non-hydrogen) atoms. The van der Waals surface area contributed by atoms with Crippen molar-refractivity contribution in [3.63, 3.8) is 0 Å². The summed E-state index contributed by atoms with van der Waals surface area (Å²) < 4.78 is 0. The van der Waals surface area contributed by atoms with Crippen molar-refractivity contribution in [3.05, 3.63) is 95.6 Å². The van der Waals surface area contributed by atoms with E-state index in [0.717, 1.165) is 11.1 Å². The highest BCUT2D eigenvalue weighted by Gasteiger charge is 2.54. The molecule has 0 unspecified atom stereocenters. The third-order valence-corrected chi connectivity index (χ3v) is 6.49. The van der Waals surface area contributed by atoms with E-state index in [9.17, 15) is 14.7 Å². The van der Waals surface area contributed by atoms with Gasteiger partial charge in [0.1, 0.15) is 12.2 Å². The molecular formula is C27H24N4O3. The van der Waals surface area contributed by atoms with E-state index < -0.39 is 0 Å². The van der Waals surface area contributed by atoms with Gasteiger partial charge in [-0.25, -0.2) is 4.98 Å². The first-order valence-electron chi connectivity index (χ1n) is 11.3. The molecule has 2 aromatic carbocycles. The zero-order chi connectivity index (χ0) is 23.5. The molecule has 2 aliphatic rings. The van der Waals surface area contributed by atoms with Crippen LogP contribution in [0.1, 0.15) is 33.1 Å². The third kappa shape index (κ3) is 4.16. The van der Waals surface area contributed by atoms with Crippen LogP contribution in [-0.2, 0) is 11.2 Å². The number of aliphatic hydroxyl groups is 1. The SMILES string of the molecule is O=C(c1cnccn1)N1CC(=O)N2[C@H](CO)[C@H](c3ccc(C#CCc4ccccc4)cc3)[C@@H]2C1. The molecular weight excluding hydrogens is 428 g/mol. The summed E-state index contributed by atoms with van der Waals surface area (Å²) in [5, 5.41) is 9.99. The van der Waals surface area contributed by atoms with Crippen molar-refractivity contribution in [2.24, 2.45) is 0 Å². The van der Waals surface area contributed by atoms with Crippen molar-refractivity contribution in [1.82, 2.24) is 19.8 Å². The monoisotopic (exact) mass is 452 g/mol. The highest BCUT2D eigenvalue weighted by Crippen LogP contribution is 2.43. The largest absolute Gasteiger partial charge is 0.394 e. The molecule has 2 saturated heterocycles. The van der Waals surface area contributed by atoms with Gasteiger partial charge in [-0.05, 0) is 23.3 Å². The second-order valence-corrected chi connectivity index (χ2v) is 8.51. The summed E-state index contributed by atoms with van der Waals surface area (Å²) in [7, 11) is 0. The second-order valence-electron chi connectivity index (χ2n) is 8.51. The van der Waals surface area contributed by atoms with Gasteiger partial charge in [-0.15, -0.1) is 0 Å². The van der Waals surface area contributed by atoms with Gasteiger partial charge >= 0.3 is 0 Å². The van der Waals surface area contributed by atoms with E-state index >= 15 is 0 Å². The Hall–Kier alpha value is -4.02. The van der Waals surface area contributed by atoms with Crippen LogP contribution in [-0.4, -0.2) is 68.5 Å². The minimum absolute atomic E-state index is 0.0227. The van der Waals surface area contributed by atoms with Gasteiger partial charge < -0.3 is 14.9 Å². The number of hydrogen-bond donors (Lipinski definition) is 1. The summed E-state index contributed by atoms with van der Waals surface area (Å²) in [6, 6.07) is 17.6. The van der Waals surface area contributed by atoms with Crippen LogP contribution in [0.5, 0.6) is 0 Å². The Kier molecular flexibility index (Phi) is 6.07. The number of carbonyl (C=O) groups excluding carboxylic acids is 2. The lowest BCUT2D eigenvalue weighted by atomic mass is 9.73. The molecule has 0 saturated carbocycles. The number of aromatic nitrogens is 2. The molecule has 1 aromatic heterocycles. The Morgan fingerprint density at radius 3 is 2.59 bits per heavy atom. The van der Waals surface area contributed by atoms with E-state index in [4.69, 9.17) is 0 Å². The number of amides is 2. The average molecular weight is 453 g/mol. The van der Waals surface area contributed by atoms with Crippen LogP contribution >= 0.6 is 0 Å². The lowest BCUT2D eigenvalue weighted by Crippen LogP contribution is -2.73. The molecule has 7 nitrogen and oxygen atoms in total. The summed E-state index contributed by atoms with van der Waals surface area (Å²) in [6.45, 7) is 0.246. The maximum atomic E-state index is 12.9. The summed E-state index contributed by atoms with van der Waals surface area (Å²) in [4.78, 5) is 36.9. The van der Waals surface area contributed by atoms with Gasteiger partial charge in [0.05, 0.1) is 24.9 Å². The molecule has 3 aromatic rings. The van der Waals surface area contributed by atoms with Crippen molar-refractivity contribution in [2.75, 3.05) is 19.7 Å². The van der Waals surface area contributed by atoms with Crippen LogP contribution in [0.25, 0.3) is 0 Å². The fourth-order valence-corrected chi connectivity index (χ4v) is 4.86. The van der Waals surface area contributed by atoms with Crippen LogP contribution in [0.2, 0.25) is 0 Å². The topological polar surface area (TPSA) is 86.6 Å². The first-order valence-corrected chi connectivity index (χ1v) is 11.3. The van der Waals surface area contributed by atoms with Crippen LogP contribution in [0.3, 0.4) is 0 Å². The number of aliphatic hydroxyl groups excluding tert-OH is 1. The Morgan fingerprint density at radius 1 is 1.09 bits per heavy atom. The van der Waals surface area contributed by atoms with E-state index in [-0.39, 0.29) is 48.7 Å². The van der Waals surface area contributed by atoms with Gasteiger partial charge in [0.15, 0.2) is 0 Å². The Labute approximate surface area is 198 Å².